The SMILES string of the molecule is COC(C)CC(=O)N[C@@H](CN)C(=O)C(C)(C)C.COCC(C)C(=O)N[C@@H](CN)C(=O)C(C)(C)C. The van der Waals surface area contributed by atoms with Crippen molar-refractivity contribution in [1.82, 2.24) is 10.6 Å². The zero-order valence-electron chi connectivity index (χ0n) is 22.7. The molecule has 0 radical (unpaired) electrons. The highest BCUT2D eigenvalue weighted by Crippen LogP contribution is 2.17. The molecule has 0 aromatic heterocycles. The second-order valence-electron chi connectivity index (χ2n) is 10.5. The summed E-state index contributed by atoms with van der Waals surface area (Å²) in [4.78, 5) is 47.3. The molecule has 6 N–H and O–H groups in total. The normalized spacial score (nSPS) is 15.2. The number of ketones is 2. The molecular weight excluding hydrogens is 440 g/mol. The lowest BCUT2D eigenvalue weighted by atomic mass is 9.86. The van der Waals surface area contributed by atoms with Gasteiger partial charge < -0.3 is 31.6 Å². The first-order valence-electron chi connectivity index (χ1n) is 11.6. The van der Waals surface area contributed by atoms with E-state index in [-0.39, 0.29) is 54.9 Å². The molecule has 0 aliphatic carbocycles. The molecular formula is C24H48N4O6. The van der Waals surface area contributed by atoms with E-state index < -0.39 is 22.9 Å². The van der Waals surface area contributed by atoms with Crippen molar-refractivity contribution in [2.45, 2.75) is 80.0 Å². The van der Waals surface area contributed by atoms with Crippen molar-refractivity contribution in [2.75, 3.05) is 33.9 Å². The summed E-state index contributed by atoms with van der Waals surface area (Å²) in [6, 6.07) is -1.24. The first-order valence-corrected chi connectivity index (χ1v) is 11.6. The van der Waals surface area contributed by atoms with Gasteiger partial charge in [-0.3, -0.25) is 19.2 Å². The van der Waals surface area contributed by atoms with E-state index >= 15 is 0 Å². The van der Waals surface area contributed by atoms with E-state index in [2.05, 4.69) is 10.6 Å². The van der Waals surface area contributed by atoms with Gasteiger partial charge in [-0.2, -0.15) is 0 Å². The number of nitrogens with two attached hydrogens (primary N) is 2. The predicted molar refractivity (Wildman–Crippen MR) is 133 cm³/mol. The number of hydrogen-bond donors (Lipinski definition) is 4. The van der Waals surface area contributed by atoms with Gasteiger partial charge in [0.05, 0.1) is 25.0 Å². The fourth-order valence-corrected chi connectivity index (χ4v) is 2.75. The van der Waals surface area contributed by atoms with Crippen LogP contribution in [0.2, 0.25) is 0 Å². The summed E-state index contributed by atoms with van der Waals surface area (Å²) in [7, 11) is 3.07. The van der Waals surface area contributed by atoms with Gasteiger partial charge in [-0.15, -0.1) is 0 Å². The van der Waals surface area contributed by atoms with Crippen LogP contribution in [0.1, 0.15) is 61.8 Å². The van der Waals surface area contributed by atoms with E-state index in [1.807, 2.05) is 41.5 Å². The Kier molecular flexibility index (Phi) is 16.0. The molecule has 10 heteroatoms. The predicted octanol–water partition coefficient (Wildman–Crippen LogP) is 0.798. The smallest absolute Gasteiger partial charge is 0.225 e. The number of nitrogens with one attached hydrogen (secondary N) is 2. The van der Waals surface area contributed by atoms with Crippen LogP contribution >= 0.6 is 0 Å². The molecule has 0 fully saturated rings. The molecule has 0 rings (SSSR count). The summed E-state index contributed by atoms with van der Waals surface area (Å²) in [6.45, 7) is 14.9. The van der Waals surface area contributed by atoms with Crippen LogP contribution in [0.3, 0.4) is 0 Å². The molecule has 0 saturated heterocycles. The third kappa shape index (κ3) is 13.7. The van der Waals surface area contributed by atoms with Gasteiger partial charge >= 0.3 is 0 Å². The molecule has 0 bridgehead atoms. The minimum Gasteiger partial charge on any atom is -0.384 e. The average molecular weight is 489 g/mol. The van der Waals surface area contributed by atoms with E-state index in [1.54, 1.807) is 21.0 Å². The molecule has 0 aliphatic rings. The lowest BCUT2D eigenvalue weighted by Gasteiger charge is -2.25. The molecule has 34 heavy (non-hydrogen) atoms. The van der Waals surface area contributed by atoms with Gasteiger partial charge in [-0.1, -0.05) is 48.5 Å². The number of carbonyl (C=O) groups is 4. The minimum atomic E-state index is -0.623. The molecule has 200 valence electrons. The Morgan fingerprint density at radius 3 is 1.53 bits per heavy atom. The number of hydrogen-bond acceptors (Lipinski definition) is 8. The molecule has 10 nitrogen and oxygen atoms in total. The maximum Gasteiger partial charge on any atom is 0.225 e. The van der Waals surface area contributed by atoms with Gasteiger partial charge in [-0.25, -0.2) is 0 Å². The van der Waals surface area contributed by atoms with E-state index in [1.165, 1.54) is 7.11 Å². The minimum absolute atomic E-state index is 0.0570. The molecule has 0 saturated carbocycles. The first kappa shape index (κ1) is 34.3. The van der Waals surface area contributed by atoms with Crippen molar-refractivity contribution in [1.29, 1.82) is 0 Å². The van der Waals surface area contributed by atoms with Crippen LogP contribution in [0.15, 0.2) is 0 Å². The number of Topliss-reactive ketones (excluding diaryl/α,β-unsaturated/α-hetero) is 2. The van der Waals surface area contributed by atoms with Crippen molar-refractivity contribution >= 4 is 23.4 Å². The second kappa shape index (κ2) is 15.9. The molecule has 0 spiro atoms. The third-order valence-electron chi connectivity index (χ3n) is 4.97. The summed E-state index contributed by atoms with van der Waals surface area (Å²) >= 11 is 0. The van der Waals surface area contributed by atoms with Crippen molar-refractivity contribution in [3.8, 4) is 0 Å². The summed E-state index contributed by atoms with van der Waals surface area (Å²) in [5.41, 5.74) is 10.0. The Morgan fingerprint density at radius 1 is 0.794 bits per heavy atom. The van der Waals surface area contributed by atoms with Crippen LogP contribution in [0.4, 0.5) is 0 Å². The Morgan fingerprint density at radius 2 is 1.21 bits per heavy atom. The van der Waals surface area contributed by atoms with Crippen LogP contribution in [0.25, 0.3) is 0 Å². The number of carbonyl (C=O) groups excluding carboxylic acids is 4. The van der Waals surface area contributed by atoms with Gasteiger partial charge in [0, 0.05) is 38.1 Å². The molecule has 0 heterocycles. The Hall–Kier alpha value is -1.88. The molecule has 0 aliphatic heterocycles. The maximum atomic E-state index is 12.0. The number of rotatable bonds is 12. The zero-order valence-corrected chi connectivity index (χ0v) is 22.7. The molecule has 2 unspecified atom stereocenters. The molecule has 0 aromatic carbocycles. The topological polar surface area (TPSA) is 163 Å². The first-order chi connectivity index (χ1) is 15.5. The van der Waals surface area contributed by atoms with E-state index in [0.717, 1.165) is 0 Å². The van der Waals surface area contributed by atoms with Gasteiger partial charge in [0.2, 0.25) is 11.8 Å². The van der Waals surface area contributed by atoms with Gasteiger partial charge in [0.25, 0.3) is 0 Å². The van der Waals surface area contributed by atoms with Crippen LogP contribution in [0.5, 0.6) is 0 Å². The molecule has 0 aromatic rings. The lowest BCUT2D eigenvalue weighted by Crippen LogP contribution is -2.51. The summed E-state index contributed by atoms with van der Waals surface area (Å²) in [5.74, 6) is -0.828. The lowest BCUT2D eigenvalue weighted by molar-refractivity contribution is -0.134. The van der Waals surface area contributed by atoms with E-state index in [4.69, 9.17) is 20.9 Å². The van der Waals surface area contributed by atoms with Crippen LogP contribution in [-0.2, 0) is 28.7 Å². The van der Waals surface area contributed by atoms with Crippen molar-refractivity contribution < 1.29 is 28.7 Å². The monoisotopic (exact) mass is 488 g/mol. The summed E-state index contributed by atoms with van der Waals surface area (Å²) in [6.07, 6.45) is 0.0582. The van der Waals surface area contributed by atoms with Crippen LogP contribution in [-0.4, -0.2) is 75.5 Å². The largest absolute Gasteiger partial charge is 0.384 e. The quantitative estimate of drug-likeness (QED) is 0.313. The average Bonchev–Trinajstić information content (AvgIpc) is 2.73. The molecule has 2 amide bonds. The van der Waals surface area contributed by atoms with Crippen molar-refractivity contribution in [3.05, 3.63) is 0 Å². The summed E-state index contributed by atoms with van der Waals surface area (Å²) in [5, 5.41) is 5.31. The number of methoxy groups -OCH3 is 2. The third-order valence-corrected chi connectivity index (χ3v) is 4.97. The van der Waals surface area contributed by atoms with Gasteiger partial charge in [-0.05, 0) is 6.92 Å². The number of amides is 2. The van der Waals surface area contributed by atoms with Gasteiger partial charge in [0.1, 0.15) is 12.1 Å². The van der Waals surface area contributed by atoms with Gasteiger partial charge in [0.15, 0.2) is 11.6 Å². The van der Waals surface area contributed by atoms with E-state index in [0.29, 0.717) is 6.61 Å². The van der Waals surface area contributed by atoms with Crippen LogP contribution in [0, 0.1) is 16.7 Å². The maximum absolute atomic E-state index is 12.0. The highest BCUT2D eigenvalue weighted by molar-refractivity contribution is 5.93. The van der Waals surface area contributed by atoms with E-state index in [9.17, 15) is 19.2 Å². The molecule has 4 atom stereocenters. The number of ether oxygens (including phenoxy) is 2. The highest BCUT2D eigenvalue weighted by atomic mass is 16.5. The summed E-state index contributed by atoms with van der Waals surface area (Å²) < 4.78 is 9.88. The fraction of sp³-hybridized carbons (Fsp3) is 0.833. The standard InChI is InChI=1S/2C12H24N2O3/c1-8(7-17-5)11(16)14-9(6-13)10(15)12(2,3)4;1-8(17-5)6-10(15)14-9(7-13)11(16)12(2,3)4/h8-9H,6-7,13H2,1-5H3,(H,14,16);8-9H,6-7,13H2,1-5H3,(H,14,15)/t2*8?,9-/m00/s1. The zero-order chi connectivity index (χ0) is 27.3. The Balaban J connectivity index is 0. The van der Waals surface area contributed by atoms with Crippen molar-refractivity contribution in [3.63, 3.8) is 0 Å². The highest BCUT2D eigenvalue weighted by Gasteiger charge is 2.31. The Labute approximate surface area is 205 Å². The fourth-order valence-electron chi connectivity index (χ4n) is 2.75. The van der Waals surface area contributed by atoms with Crippen molar-refractivity contribution in [2.24, 2.45) is 28.2 Å². The second-order valence-corrected chi connectivity index (χ2v) is 10.5. The Bertz CT molecular complexity index is 655. The van der Waals surface area contributed by atoms with Crippen LogP contribution < -0.4 is 22.1 Å².